The van der Waals surface area contributed by atoms with E-state index >= 15 is 0 Å². The van der Waals surface area contributed by atoms with Crippen LogP contribution >= 0.6 is 0 Å². The minimum atomic E-state index is -0.172. The fourth-order valence-electron chi connectivity index (χ4n) is 3.47. The first-order chi connectivity index (χ1) is 11.7. The number of anilines is 1. The second kappa shape index (κ2) is 6.17. The summed E-state index contributed by atoms with van der Waals surface area (Å²) in [6, 6.07) is 15.4. The molecule has 0 unspecified atom stereocenters. The van der Waals surface area contributed by atoms with Gasteiger partial charge >= 0.3 is 0 Å². The van der Waals surface area contributed by atoms with Crippen LogP contribution in [0.3, 0.4) is 0 Å². The summed E-state index contributed by atoms with van der Waals surface area (Å²) in [5.74, 6) is 1.62. The van der Waals surface area contributed by atoms with Crippen molar-refractivity contribution in [1.82, 2.24) is 4.90 Å². The normalized spacial score (nSPS) is 22.8. The third-order valence-electron chi connectivity index (χ3n) is 4.63. The van der Waals surface area contributed by atoms with E-state index in [1.54, 1.807) is 7.11 Å². The van der Waals surface area contributed by atoms with Gasteiger partial charge in [0, 0.05) is 19.5 Å². The minimum absolute atomic E-state index is 0.0350. The molecule has 0 aliphatic carbocycles. The van der Waals surface area contributed by atoms with Gasteiger partial charge in [-0.1, -0.05) is 24.3 Å². The quantitative estimate of drug-likeness (QED) is 0.943. The van der Waals surface area contributed by atoms with Crippen LogP contribution in [0.15, 0.2) is 48.5 Å². The molecule has 1 fully saturated rings. The van der Waals surface area contributed by atoms with Crippen LogP contribution in [0.5, 0.6) is 11.5 Å². The number of nitrogens with zero attached hydrogens (tertiary/aromatic N) is 1. The van der Waals surface area contributed by atoms with Gasteiger partial charge in [-0.25, -0.2) is 0 Å². The van der Waals surface area contributed by atoms with Gasteiger partial charge in [0.25, 0.3) is 0 Å². The van der Waals surface area contributed by atoms with E-state index in [-0.39, 0.29) is 18.1 Å². The summed E-state index contributed by atoms with van der Waals surface area (Å²) in [4.78, 5) is 14.9. The fraction of sp³-hybridized carbons (Fsp3) is 0.316. The van der Waals surface area contributed by atoms with Crippen LogP contribution in [0.1, 0.15) is 12.0 Å². The van der Waals surface area contributed by atoms with Crippen molar-refractivity contribution in [1.29, 1.82) is 0 Å². The van der Waals surface area contributed by atoms with E-state index in [9.17, 15) is 4.79 Å². The predicted octanol–water partition coefficient (Wildman–Crippen LogP) is 2.67. The zero-order valence-corrected chi connectivity index (χ0v) is 13.6. The smallest absolute Gasteiger partial charge is 0.241 e. The second-order valence-corrected chi connectivity index (χ2v) is 6.26. The molecule has 0 spiro atoms. The lowest BCUT2D eigenvalue weighted by Gasteiger charge is -2.23. The van der Waals surface area contributed by atoms with Gasteiger partial charge in [0.1, 0.15) is 17.6 Å². The van der Waals surface area contributed by atoms with E-state index in [4.69, 9.17) is 9.47 Å². The van der Waals surface area contributed by atoms with Gasteiger partial charge in [0.05, 0.1) is 18.8 Å². The zero-order valence-electron chi connectivity index (χ0n) is 13.6. The third-order valence-corrected chi connectivity index (χ3v) is 4.63. The molecular weight excluding hydrogens is 304 g/mol. The minimum Gasteiger partial charge on any atom is -0.497 e. The number of methoxy groups -OCH3 is 1. The summed E-state index contributed by atoms with van der Waals surface area (Å²) in [5, 5.41) is 3.00. The maximum atomic E-state index is 12.7. The molecule has 2 atom stereocenters. The Kier molecular flexibility index (Phi) is 3.86. The molecule has 0 aromatic heterocycles. The Hall–Kier alpha value is -2.53. The molecule has 0 radical (unpaired) electrons. The molecule has 2 heterocycles. The van der Waals surface area contributed by atoms with E-state index < -0.39 is 0 Å². The van der Waals surface area contributed by atoms with Crippen molar-refractivity contribution in [3.63, 3.8) is 0 Å². The lowest BCUT2D eigenvalue weighted by molar-refractivity contribution is -0.120. The Morgan fingerprint density at radius 3 is 3.00 bits per heavy atom. The summed E-state index contributed by atoms with van der Waals surface area (Å²) in [6.45, 7) is 1.44. The summed E-state index contributed by atoms with van der Waals surface area (Å²) in [5.41, 5.74) is 1.88. The van der Waals surface area contributed by atoms with Gasteiger partial charge in [-0.3, -0.25) is 9.69 Å². The average molecular weight is 324 g/mol. The van der Waals surface area contributed by atoms with Crippen molar-refractivity contribution in [3.05, 3.63) is 54.1 Å². The van der Waals surface area contributed by atoms with Crippen molar-refractivity contribution in [3.8, 4) is 11.5 Å². The summed E-state index contributed by atoms with van der Waals surface area (Å²) in [7, 11) is 1.66. The van der Waals surface area contributed by atoms with Crippen LogP contribution in [0, 0.1) is 0 Å². The molecule has 24 heavy (non-hydrogen) atoms. The summed E-state index contributed by atoms with van der Waals surface area (Å²) in [6.07, 6.45) is 0.747. The number of likely N-dealkylation sites (tertiary alicyclic amines) is 1. The maximum absolute atomic E-state index is 12.7. The molecule has 1 saturated heterocycles. The number of hydrogen-bond donors (Lipinski definition) is 1. The average Bonchev–Trinajstić information content (AvgIpc) is 2.99. The second-order valence-electron chi connectivity index (χ2n) is 6.26. The van der Waals surface area contributed by atoms with Gasteiger partial charge in [0.2, 0.25) is 5.91 Å². The Bertz CT molecular complexity index is 762. The lowest BCUT2D eigenvalue weighted by Crippen LogP contribution is -2.39. The largest absolute Gasteiger partial charge is 0.497 e. The Balaban J connectivity index is 1.56. The fourth-order valence-corrected chi connectivity index (χ4v) is 3.47. The number of ether oxygens (including phenoxy) is 2. The monoisotopic (exact) mass is 324 g/mol. The molecule has 2 bridgehead atoms. The molecule has 1 amide bonds. The molecule has 1 N–H and O–H groups in total. The zero-order chi connectivity index (χ0) is 16.5. The summed E-state index contributed by atoms with van der Waals surface area (Å²) < 4.78 is 11.4. The van der Waals surface area contributed by atoms with Gasteiger partial charge in [0.15, 0.2) is 0 Å². The standard InChI is InChI=1S/C19H20N2O3/c1-23-14-6-4-5-13(9-14)11-21-12-15-10-17(21)19(22)20-16-7-2-3-8-18(16)24-15/h2-9,15,17H,10-12H2,1H3,(H,20,22)/t15-,17-/m0/s1. The number of carbonyl (C=O) groups is 1. The number of hydrogen-bond acceptors (Lipinski definition) is 4. The number of benzene rings is 2. The first-order valence-corrected chi connectivity index (χ1v) is 8.16. The highest BCUT2D eigenvalue weighted by molar-refractivity contribution is 5.96. The predicted molar refractivity (Wildman–Crippen MR) is 91.3 cm³/mol. The van der Waals surface area contributed by atoms with Crippen molar-refractivity contribution in [2.45, 2.75) is 25.1 Å². The molecular formula is C19H20N2O3. The van der Waals surface area contributed by atoms with E-state index in [0.29, 0.717) is 13.0 Å². The van der Waals surface area contributed by atoms with Crippen LogP contribution in [0.4, 0.5) is 5.69 Å². The highest BCUT2D eigenvalue weighted by Gasteiger charge is 2.39. The van der Waals surface area contributed by atoms with E-state index in [2.05, 4.69) is 16.3 Å². The molecule has 2 aromatic carbocycles. The van der Waals surface area contributed by atoms with Gasteiger partial charge in [-0.2, -0.15) is 0 Å². The molecule has 2 aromatic rings. The van der Waals surface area contributed by atoms with Crippen LogP contribution < -0.4 is 14.8 Å². The number of amides is 1. The first kappa shape index (κ1) is 15.0. The number of rotatable bonds is 3. The van der Waals surface area contributed by atoms with Crippen LogP contribution in [0.2, 0.25) is 0 Å². The van der Waals surface area contributed by atoms with Crippen molar-refractivity contribution in [2.24, 2.45) is 0 Å². The van der Waals surface area contributed by atoms with Crippen molar-refractivity contribution in [2.75, 3.05) is 19.0 Å². The molecule has 5 nitrogen and oxygen atoms in total. The number of carbonyl (C=O) groups excluding carboxylic acids is 1. The Morgan fingerprint density at radius 2 is 2.12 bits per heavy atom. The third kappa shape index (κ3) is 2.83. The highest BCUT2D eigenvalue weighted by Crippen LogP contribution is 2.33. The maximum Gasteiger partial charge on any atom is 0.241 e. The Morgan fingerprint density at radius 1 is 1.25 bits per heavy atom. The molecule has 4 rings (SSSR count). The molecule has 0 saturated carbocycles. The lowest BCUT2D eigenvalue weighted by atomic mass is 10.1. The van der Waals surface area contributed by atoms with Crippen molar-refractivity contribution < 1.29 is 14.3 Å². The summed E-state index contributed by atoms with van der Waals surface area (Å²) >= 11 is 0. The molecule has 5 heteroatoms. The topological polar surface area (TPSA) is 50.8 Å². The molecule has 2 aliphatic rings. The first-order valence-electron chi connectivity index (χ1n) is 8.16. The van der Waals surface area contributed by atoms with E-state index in [1.165, 1.54) is 0 Å². The van der Waals surface area contributed by atoms with Crippen LogP contribution in [0.25, 0.3) is 0 Å². The van der Waals surface area contributed by atoms with Gasteiger partial charge < -0.3 is 14.8 Å². The molecule has 2 aliphatic heterocycles. The molecule has 124 valence electrons. The van der Waals surface area contributed by atoms with Crippen molar-refractivity contribution >= 4 is 11.6 Å². The van der Waals surface area contributed by atoms with Crippen LogP contribution in [-0.2, 0) is 11.3 Å². The van der Waals surface area contributed by atoms with E-state index in [1.807, 2.05) is 42.5 Å². The highest BCUT2D eigenvalue weighted by atomic mass is 16.5. The Labute approximate surface area is 141 Å². The van der Waals surface area contributed by atoms with Crippen LogP contribution in [-0.4, -0.2) is 36.6 Å². The number of fused-ring (bicyclic) bond motifs is 3. The van der Waals surface area contributed by atoms with E-state index in [0.717, 1.165) is 29.3 Å². The number of nitrogens with one attached hydrogen (secondary N) is 1. The van der Waals surface area contributed by atoms with Gasteiger partial charge in [-0.05, 0) is 29.8 Å². The SMILES string of the molecule is COc1cccc(CN2C[C@@H]3C[C@H]2C(=O)Nc2ccccc2O3)c1. The van der Waals surface area contributed by atoms with Gasteiger partial charge in [-0.15, -0.1) is 0 Å². The number of para-hydroxylation sites is 2.